The molecule has 1 aromatic rings. The number of benzene rings is 1. The molecular weight excluding hydrogens is 250 g/mol. The lowest BCUT2D eigenvalue weighted by molar-refractivity contribution is 0.511. The Morgan fingerprint density at radius 3 is 2.28 bits per heavy atom. The molecule has 0 saturated heterocycles. The molecule has 0 heterocycles. The average molecular weight is 261 g/mol. The Bertz CT molecular complexity index is 606. The minimum Gasteiger partial charge on any atom is -0.272 e. The van der Waals surface area contributed by atoms with E-state index in [4.69, 9.17) is 10.5 Å². The Morgan fingerprint density at radius 2 is 1.83 bits per heavy atom. The molecule has 18 heavy (non-hydrogen) atoms. The summed E-state index contributed by atoms with van der Waals surface area (Å²) in [5.41, 5.74) is -0.253. The Morgan fingerprint density at radius 1 is 1.28 bits per heavy atom. The van der Waals surface area contributed by atoms with E-state index in [0.29, 0.717) is 0 Å². The van der Waals surface area contributed by atoms with E-state index in [1.165, 1.54) is 12.1 Å². The molecule has 0 aliphatic rings. The summed E-state index contributed by atoms with van der Waals surface area (Å²) in [5.74, 6) is 0. The summed E-state index contributed by atoms with van der Waals surface area (Å²) in [7, 11) is -3.71. The van der Waals surface area contributed by atoms with Crippen LogP contribution in [0.5, 0.6) is 0 Å². The van der Waals surface area contributed by atoms with Gasteiger partial charge in [-0.2, -0.15) is 10.5 Å². The fourth-order valence-corrected chi connectivity index (χ4v) is 2.64. The van der Waals surface area contributed by atoms with Crippen molar-refractivity contribution < 1.29 is 8.42 Å². The van der Waals surface area contributed by atoms with Gasteiger partial charge in [-0.1, -0.05) is 18.2 Å². The maximum atomic E-state index is 12.2. The standard InChI is InChI=1S/C12H11N3O2S/c1-2-15(10-11(8-13)9-14)18(16,17)12-6-4-3-5-7-12/h3-7,10H,2H2,1H3. The van der Waals surface area contributed by atoms with Gasteiger partial charge in [0.25, 0.3) is 10.0 Å². The second-order valence-corrected chi connectivity index (χ2v) is 5.18. The van der Waals surface area contributed by atoms with E-state index < -0.39 is 10.0 Å². The fraction of sp³-hybridized carbons (Fsp3) is 0.167. The van der Waals surface area contributed by atoms with Gasteiger partial charge in [-0.3, -0.25) is 4.31 Å². The zero-order valence-electron chi connectivity index (χ0n) is 9.74. The second-order valence-electron chi connectivity index (χ2n) is 3.29. The van der Waals surface area contributed by atoms with E-state index in [0.717, 1.165) is 10.5 Å². The van der Waals surface area contributed by atoms with Gasteiger partial charge in [0.2, 0.25) is 0 Å². The number of hydrogen-bond acceptors (Lipinski definition) is 4. The molecule has 0 saturated carbocycles. The quantitative estimate of drug-likeness (QED) is 0.771. The summed E-state index contributed by atoms with van der Waals surface area (Å²) in [6, 6.07) is 11.1. The third kappa shape index (κ3) is 2.88. The molecule has 5 nitrogen and oxygen atoms in total. The summed E-state index contributed by atoms with van der Waals surface area (Å²) in [6.07, 6.45) is 1.04. The first-order chi connectivity index (χ1) is 8.56. The van der Waals surface area contributed by atoms with Gasteiger partial charge in [0.05, 0.1) is 4.90 Å². The molecule has 0 fully saturated rings. The van der Waals surface area contributed by atoms with Crippen molar-refractivity contribution in [2.45, 2.75) is 11.8 Å². The van der Waals surface area contributed by atoms with E-state index >= 15 is 0 Å². The molecule has 0 aromatic heterocycles. The van der Waals surface area contributed by atoms with Crippen molar-refractivity contribution >= 4 is 10.0 Å². The predicted molar refractivity (Wildman–Crippen MR) is 65.3 cm³/mol. The number of allylic oxidation sites excluding steroid dienone is 1. The van der Waals surface area contributed by atoms with Crippen LogP contribution in [0.3, 0.4) is 0 Å². The SMILES string of the molecule is CCN(C=C(C#N)C#N)S(=O)(=O)c1ccccc1. The van der Waals surface area contributed by atoms with Gasteiger partial charge < -0.3 is 0 Å². The van der Waals surface area contributed by atoms with Crippen molar-refractivity contribution in [3.63, 3.8) is 0 Å². The molecule has 0 aliphatic carbocycles. The topological polar surface area (TPSA) is 85.0 Å². The van der Waals surface area contributed by atoms with Crippen LogP contribution in [0.25, 0.3) is 0 Å². The first-order valence-corrected chi connectivity index (χ1v) is 6.59. The fourth-order valence-electron chi connectivity index (χ4n) is 1.29. The molecule has 92 valence electrons. The summed E-state index contributed by atoms with van der Waals surface area (Å²) >= 11 is 0. The largest absolute Gasteiger partial charge is 0.272 e. The number of sulfonamides is 1. The van der Waals surface area contributed by atoms with Gasteiger partial charge >= 0.3 is 0 Å². The third-order valence-corrected chi connectivity index (χ3v) is 4.02. The third-order valence-electron chi connectivity index (χ3n) is 2.18. The van der Waals surface area contributed by atoms with Crippen LogP contribution in [0.4, 0.5) is 0 Å². The average Bonchev–Trinajstić information content (AvgIpc) is 2.41. The van der Waals surface area contributed by atoms with Gasteiger partial charge in [-0.15, -0.1) is 0 Å². The van der Waals surface area contributed by atoms with E-state index in [-0.39, 0.29) is 17.0 Å². The predicted octanol–water partition coefficient (Wildman–Crippen LogP) is 1.63. The lowest BCUT2D eigenvalue weighted by Crippen LogP contribution is -2.26. The van der Waals surface area contributed by atoms with E-state index in [2.05, 4.69) is 0 Å². The highest BCUT2D eigenvalue weighted by Crippen LogP contribution is 2.16. The first-order valence-electron chi connectivity index (χ1n) is 5.15. The lowest BCUT2D eigenvalue weighted by Gasteiger charge is -2.18. The van der Waals surface area contributed by atoms with E-state index in [1.54, 1.807) is 37.3 Å². The Kier molecular flexibility index (Phi) is 4.47. The molecule has 0 unspecified atom stereocenters. The number of nitrogens with zero attached hydrogens (tertiary/aromatic N) is 3. The minimum atomic E-state index is -3.71. The Labute approximate surface area is 106 Å². The summed E-state index contributed by atoms with van der Waals surface area (Å²) < 4.78 is 25.4. The Balaban J connectivity index is 3.23. The van der Waals surface area contributed by atoms with Crippen molar-refractivity contribution in [1.29, 1.82) is 10.5 Å². The molecule has 0 aliphatic heterocycles. The Hall–Kier alpha value is -2.31. The van der Waals surface area contributed by atoms with E-state index in [9.17, 15) is 8.42 Å². The minimum absolute atomic E-state index is 0.123. The maximum Gasteiger partial charge on any atom is 0.263 e. The highest BCUT2D eigenvalue weighted by Gasteiger charge is 2.20. The van der Waals surface area contributed by atoms with Crippen LogP contribution in [0, 0.1) is 22.7 Å². The highest BCUT2D eigenvalue weighted by molar-refractivity contribution is 7.89. The van der Waals surface area contributed by atoms with Gasteiger partial charge in [0.1, 0.15) is 17.7 Å². The van der Waals surface area contributed by atoms with Crippen LogP contribution in [-0.4, -0.2) is 19.3 Å². The van der Waals surface area contributed by atoms with Crippen molar-refractivity contribution in [3.05, 3.63) is 42.1 Å². The van der Waals surface area contributed by atoms with Crippen LogP contribution in [0.15, 0.2) is 47.0 Å². The van der Waals surface area contributed by atoms with Crippen molar-refractivity contribution in [1.82, 2.24) is 4.31 Å². The van der Waals surface area contributed by atoms with Crippen LogP contribution in [-0.2, 0) is 10.0 Å². The monoisotopic (exact) mass is 261 g/mol. The van der Waals surface area contributed by atoms with Crippen LogP contribution in [0.1, 0.15) is 6.92 Å². The van der Waals surface area contributed by atoms with Crippen LogP contribution >= 0.6 is 0 Å². The number of rotatable bonds is 4. The zero-order chi connectivity index (χ0) is 13.6. The molecule has 0 radical (unpaired) electrons. The van der Waals surface area contributed by atoms with Crippen LogP contribution in [0.2, 0.25) is 0 Å². The zero-order valence-corrected chi connectivity index (χ0v) is 10.6. The molecule has 0 spiro atoms. The number of nitriles is 2. The second kappa shape index (κ2) is 5.85. The number of hydrogen-bond donors (Lipinski definition) is 0. The molecule has 0 N–H and O–H groups in total. The molecule has 6 heteroatoms. The highest BCUT2D eigenvalue weighted by atomic mass is 32.2. The summed E-state index contributed by atoms with van der Waals surface area (Å²) in [6.45, 7) is 1.77. The smallest absolute Gasteiger partial charge is 0.263 e. The van der Waals surface area contributed by atoms with Gasteiger partial charge in [-0.25, -0.2) is 8.42 Å². The van der Waals surface area contributed by atoms with Gasteiger partial charge in [0.15, 0.2) is 0 Å². The van der Waals surface area contributed by atoms with Crippen molar-refractivity contribution in [2.24, 2.45) is 0 Å². The van der Waals surface area contributed by atoms with Crippen molar-refractivity contribution in [3.8, 4) is 12.1 Å². The first kappa shape index (κ1) is 13.8. The molecular formula is C12H11N3O2S. The summed E-state index contributed by atoms with van der Waals surface area (Å²) in [5, 5.41) is 17.3. The van der Waals surface area contributed by atoms with Gasteiger partial charge in [-0.05, 0) is 19.1 Å². The lowest BCUT2D eigenvalue weighted by atomic mass is 10.3. The molecule has 0 bridgehead atoms. The normalized spacial score (nSPS) is 9.94. The summed E-state index contributed by atoms with van der Waals surface area (Å²) in [4.78, 5) is 0.123. The molecule has 0 amide bonds. The maximum absolute atomic E-state index is 12.2. The van der Waals surface area contributed by atoms with Crippen molar-refractivity contribution in [2.75, 3.05) is 6.54 Å². The molecule has 1 aromatic carbocycles. The van der Waals surface area contributed by atoms with Gasteiger partial charge in [0, 0.05) is 12.7 Å². The molecule has 0 atom stereocenters. The molecule has 1 rings (SSSR count). The van der Waals surface area contributed by atoms with E-state index in [1.807, 2.05) is 0 Å². The van der Waals surface area contributed by atoms with Crippen LogP contribution < -0.4 is 0 Å².